The summed E-state index contributed by atoms with van der Waals surface area (Å²) in [6.45, 7) is 4.10. The molecule has 0 radical (unpaired) electrons. The normalized spacial score (nSPS) is 16.1. The van der Waals surface area contributed by atoms with Gasteiger partial charge in [0.25, 0.3) is 0 Å². The highest BCUT2D eigenvalue weighted by atomic mass is 16.3. The molecule has 2 aromatic rings. The molecule has 0 bridgehead atoms. The first-order valence-corrected chi connectivity index (χ1v) is 8.82. The van der Waals surface area contributed by atoms with E-state index in [0.29, 0.717) is 0 Å². The van der Waals surface area contributed by atoms with E-state index in [1.54, 1.807) is 0 Å². The molecule has 6 heteroatoms. The van der Waals surface area contributed by atoms with Crippen molar-refractivity contribution in [1.29, 1.82) is 0 Å². The molecule has 1 saturated carbocycles. The third-order valence-corrected chi connectivity index (χ3v) is 5.04. The van der Waals surface area contributed by atoms with Crippen LogP contribution in [0.4, 0.5) is 5.69 Å². The number of nitrogens with zero attached hydrogens (tertiary/aromatic N) is 2. The van der Waals surface area contributed by atoms with Crippen LogP contribution in [0.5, 0.6) is 0 Å². The zero-order valence-corrected chi connectivity index (χ0v) is 14.9. The smallest absolute Gasteiger partial charge is 0.238 e. The molecule has 0 atom stereocenters. The number of carbonyl (C=O) groups is 1. The van der Waals surface area contributed by atoms with Gasteiger partial charge in [0.05, 0.1) is 35.9 Å². The van der Waals surface area contributed by atoms with Gasteiger partial charge < -0.3 is 15.7 Å². The molecule has 0 unspecified atom stereocenters. The standard InChI is InChI=1S/C19H26N4O2/c1-14-18(15(2)23(22-14)16-8-4-3-5-9-16)21-17(25)12-20-19(13-24)10-6-7-11-19/h3-5,8-9,20,24H,6-7,10-13H2,1-2H3,(H,21,25). The van der Waals surface area contributed by atoms with Gasteiger partial charge in [-0.1, -0.05) is 31.0 Å². The highest BCUT2D eigenvalue weighted by molar-refractivity contribution is 5.93. The lowest BCUT2D eigenvalue weighted by atomic mass is 9.99. The predicted octanol–water partition coefficient (Wildman–Crippen LogP) is 2.32. The highest BCUT2D eigenvalue weighted by Gasteiger charge is 2.33. The summed E-state index contributed by atoms with van der Waals surface area (Å²) in [5.41, 5.74) is 3.10. The fraction of sp³-hybridized carbons (Fsp3) is 0.474. The largest absolute Gasteiger partial charge is 0.394 e. The first-order valence-electron chi connectivity index (χ1n) is 8.82. The lowest BCUT2D eigenvalue weighted by molar-refractivity contribution is -0.115. The molecule has 6 nitrogen and oxygen atoms in total. The molecule has 25 heavy (non-hydrogen) atoms. The molecule has 1 aromatic carbocycles. The number of para-hydroxylation sites is 1. The first-order chi connectivity index (χ1) is 12.0. The molecular weight excluding hydrogens is 316 g/mol. The lowest BCUT2D eigenvalue weighted by Crippen LogP contribution is -2.49. The van der Waals surface area contributed by atoms with Gasteiger partial charge in [0, 0.05) is 5.54 Å². The van der Waals surface area contributed by atoms with Crippen LogP contribution >= 0.6 is 0 Å². The van der Waals surface area contributed by atoms with Crippen molar-refractivity contribution in [3.8, 4) is 5.69 Å². The Labute approximate surface area is 148 Å². The van der Waals surface area contributed by atoms with Crippen LogP contribution in [0, 0.1) is 13.8 Å². The van der Waals surface area contributed by atoms with Gasteiger partial charge >= 0.3 is 0 Å². The SMILES string of the molecule is Cc1nn(-c2ccccc2)c(C)c1NC(=O)CNC1(CO)CCCC1. The number of hydrogen-bond acceptors (Lipinski definition) is 4. The van der Waals surface area contributed by atoms with E-state index in [2.05, 4.69) is 15.7 Å². The number of anilines is 1. The van der Waals surface area contributed by atoms with Crippen LogP contribution in [0.15, 0.2) is 30.3 Å². The second-order valence-electron chi connectivity index (χ2n) is 6.84. The van der Waals surface area contributed by atoms with Crippen molar-refractivity contribution in [3.63, 3.8) is 0 Å². The third kappa shape index (κ3) is 3.75. The van der Waals surface area contributed by atoms with E-state index < -0.39 is 0 Å². The number of hydrogen-bond donors (Lipinski definition) is 3. The molecule has 0 aliphatic heterocycles. The van der Waals surface area contributed by atoms with Crippen molar-refractivity contribution in [2.45, 2.75) is 45.1 Å². The summed E-state index contributed by atoms with van der Waals surface area (Å²) in [6, 6.07) is 9.85. The molecule has 3 N–H and O–H groups in total. The monoisotopic (exact) mass is 342 g/mol. The Hall–Kier alpha value is -2.18. The molecule has 134 valence electrons. The molecule has 0 saturated heterocycles. The van der Waals surface area contributed by atoms with Gasteiger partial charge in [-0.3, -0.25) is 4.79 Å². The molecular formula is C19H26N4O2. The van der Waals surface area contributed by atoms with E-state index in [9.17, 15) is 9.90 Å². The Kier molecular flexibility index (Phi) is 5.20. The molecule has 1 aromatic heterocycles. The number of aliphatic hydroxyl groups is 1. The minimum absolute atomic E-state index is 0.0737. The summed E-state index contributed by atoms with van der Waals surface area (Å²) < 4.78 is 1.84. The van der Waals surface area contributed by atoms with Crippen molar-refractivity contribution in [2.75, 3.05) is 18.5 Å². The number of rotatable bonds is 6. The van der Waals surface area contributed by atoms with Crippen molar-refractivity contribution < 1.29 is 9.90 Å². The summed E-state index contributed by atoms with van der Waals surface area (Å²) in [5.74, 6) is -0.112. The van der Waals surface area contributed by atoms with Gasteiger partial charge in [0.15, 0.2) is 0 Å². The number of aliphatic hydroxyl groups excluding tert-OH is 1. The minimum atomic E-state index is -0.296. The Morgan fingerprint density at radius 3 is 2.56 bits per heavy atom. The van der Waals surface area contributed by atoms with Crippen LogP contribution in [-0.2, 0) is 4.79 Å². The van der Waals surface area contributed by atoms with E-state index in [1.807, 2.05) is 48.9 Å². The number of benzene rings is 1. The van der Waals surface area contributed by atoms with Gasteiger partial charge in [-0.2, -0.15) is 5.10 Å². The highest BCUT2D eigenvalue weighted by Crippen LogP contribution is 2.29. The molecule has 3 rings (SSSR count). The van der Waals surface area contributed by atoms with Crippen LogP contribution in [0.2, 0.25) is 0 Å². The minimum Gasteiger partial charge on any atom is -0.394 e. The van der Waals surface area contributed by atoms with Crippen LogP contribution in [0.25, 0.3) is 5.69 Å². The molecule has 1 aliphatic rings. The van der Waals surface area contributed by atoms with Crippen molar-refractivity contribution in [2.24, 2.45) is 0 Å². The summed E-state index contributed by atoms with van der Waals surface area (Å²) in [4.78, 5) is 12.4. The van der Waals surface area contributed by atoms with Crippen LogP contribution in [0.3, 0.4) is 0 Å². The average Bonchev–Trinajstić information content (AvgIpc) is 3.21. The molecule has 1 aliphatic carbocycles. The quantitative estimate of drug-likeness (QED) is 0.753. The maximum absolute atomic E-state index is 12.4. The number of aromatic nitrogens is 2. The van der Waals surface area contributed by atoms with Crippen LogP contribution in [0.1, 0.15) is 37.1 Å². The maximum atomic E-state index is 12.4. The second kappa shape index (κ2) is 7.37. The second-order valence-corrected chi connectivity index (χ2v) is 6.84. The van der Waals surface area contributed by atoms with E-state index >= 15 is 0 Å². The topological polar surface area (TPSA) is 79.2 Å². The Morgan fingerprint density at radius 2 is 1.92 bits per heavy atom. The van der Waals surface area contributed by atoms with E-state index in [-0.39, 0.29) is 24.6 Å². The summed E-state index contributed by atoms with van der Waals surface area (Å²) in [6.07, 6.45) is 4.02. The van der Waals surface area contributed by atoms with E-state index in [1.165, 1.54) is 0 Å². The molecule has 0 spiro atoms. The van der Waals surface area contributed by atoms with E-state index in [0.717, 1.165) is 48.4 Å². The number of nitrogens with one attached hydrogen (secondary N) is 2. The molecule has 1 amide bonds. The number of amides is 1. The Bertz CT molecular complexity index is 733. The Balaban J connectivity index is 1.68. The first kappa shape index (κ1) is 17.6. The fourth-order valence-electron chi connectivity index (χ4n) is 3.54. The predicted molar refractivity (Wildman–Crippen MR) is 98.0 cm³/mol. The third-order valence-electron chi connectivity index (χ3n) is 5.04. The summed E-state index contributed by atoms with van der Waals surface area (Å²) in [5, 5.41) is 20.4. The van der Waals surface area contributed by atoms with Gasteiger partial charge in [0.2, 0.25) is 5.91 Å². The zero-order valence-electron chi connectivity index (χ0n) is 14.9. The van der Waals surface area contributed by atoms with Gasteiger partial charge in [-0.25, -0.2) is 4.68 Å². The summed E-state index contributed by atoms with van der Waals surface area (Å²) >= 11 is 0. The van der Waals surface area contributed by atoms with Crippen molar-refractivity contribution >= 4 is 11.6 Å². The number of aryl methyl sites for hydroxylation is 1. The fourth-order valence-corrected chi connectivity index (χ4v) is 3.54. The van der Waals surface area contributed by atoms with Crippen LogP contribution < -0.4 is 10.6 Å². The summed E-state index contributed by atoms with van der Waals surface area (Å²) in [7, 11) is 0. The van der Waals surface area contributed by atoms with Crippen molar-refractivity contribution in [3.05, 3.63) is 41.7 Å². The molecule has 1 heterocycles. The van der Waals surface area contributed by atoms with E-state index in [4.69, 9.17) is 0 Å². The van der Waals surface area contributed by atoms with Crippen LogP contribution in [-0.4, -0.2) is 39.5 Å². The molecule has 1 fully saturated rings. The average molecular weight is 342 g/mol. The van der Waals surface area contributed by atoms with Crippen molar-refractivity contribution in [1.82, 2.24) is 15.1 Å². The zero-order chi connectivity index (χ0) is 17.9. The Morgan fingerprint density at radius 1 is 1.24 bits per heavy atom. The van der Waals surface area contributed by atoms with Gasteiger partial charge in [-0.15, -0.1) is 0 Å². The lowest BCUT2D eigenvalue weighted by Gasteiger charge is -2.27. The maximum Gasteiger partial charge on any atom is 0.238 e. The number of carbonyl (C=O) groups excluding carboxylic acids is 1. The van der Waals surface area contributed by atoms with Gasteiger partial charge in [0.1, 0.15) is 0 Å². The van der Waals surface area contributed by atoms with Gasteiger partial charge in [-0.05, 0) is 38.8 Å².